The molecule has 2 aromatic heterocycles. The third-order valence-corrected chi connectivity index (χ3v) is 6.14. The van der Waals surface area contributed by atoms with Gasteiger partial charge in [0.15, 0.2) is 9.84 Å². The van der Waals surface area contributed by atoms with Gasteiger partial charge < -0.3 is 4.42 Å². The van der Waals surface area contributed by atoms with E-state index in [1.807, 2.05) is 0 Å². The number of hydrogen-bond donors (Lipinski definition) is 1. The van der Waals surface area contributed by atoms with Crippen LogP contribution in [0.15, 0.2) is 39.8 Å². The number of rotatable bonds is 5. The summed E-state index contributed by atoms with van der Waals surface area (Å²) in [4.78, 5) is 20.2. The van der Waals surface area contributed by atoms with Gasteiger partial charge in [-0.2, -0.15) is 0 Å². The largest absolute Gasteiger partial charge is 0.401 e. The normalized spacial score (nSPS) is 11.6. The highest BCUT2D eigenvalue weighted by atomic mass is 32.2. The highest BCUT2D eigenvalue weighted by molar-refractivity contribution is 7.92. The third-order valence-electron chi connectivity index (χ3n) is 3.97. The second-order valence-corrected chi connectivity index (χ2v) is 8.91. The van der Waals surface area contributed by atoms with Crippen LogP contribution >= 0.6 is 0 Å². The number of carbonyl (C=O) groups is 1. The standard InChI is InChI=1S/C18H19N5O4S.2H2/c1-10(2)28(25,26)14-7-5-13(6-8-14)15-9-19-11(3)16(21-15)17-22-23-18(27-17)20-12(4)24;;/h5-10H,1-4H3,(H,20,23,24);2*1H. The van der Waals surface area contributed by atoms with Gasteiger partial charge in [-0.05, 0) is 32.9 Å². The molecule has 9 nitrogen and oxygen atoms in total. The molecule has 0 spiro atoms. The van der Waals surface area contributed by atoms with Crippen molar-refractivity contribution in [1.29, 1.82) is 0 Å². The fourth-order valence-corrected chi connectivity index (χ4v) is 3.46. The Morgan fingerprint density at radius 3 is 2.46 bits per heavy atom. The molecule has 1 aromatic carbocycles. The Morgan fingerprint density at radius 1 is 1.18 bits per heavy atom. The van der Waals surface area contributed by atoms with Crippen LogP contribution in [-0.2, 0) is 14.6 Å². The predicted molar refractivity (Wildman–Crippen MR) is 106 cm³/mol. The van der Waals surface area contributed by atoms with Crippen molar-refractivity contribution < 1.29 is 20.5 Å². The molecular formula is C18H23N5O4S. The Hall–Kier alpha value is -3.14. The van der Waals surface area contributed by atoms with Gasteiger partial charge in [0.2, 0.25) is 5.91 Å². The topological polar surface area (TPSA) is 128 Å². The molecule has 10 heteroatoms. The molecule has 0 atom stereocenters. The van der Waals surface area contributed by atoms with E-state index >= 15 is 0 Å². The summed E-state index contributed by atoms with van der Waals surface area (Å²) in [6, 6.07) is 6.42. The van der Waals surface area contributed by atoms with Gasteiger partial charge in [0.05, 0.1) is 27.7 Å². The molecule has 0 unspecified atom stereocenters. The highest BCUT2D eigenvalue weighted by Crippen LogP contribution is 2.26. The Morgan fingerprint density at radius 2 is 1.86 bits per heavy atom. The van der Waals surface area contributed by atoms with Crippen LogP contribution in [0.2, 0.25) is 0 Å². The summed E-state index contributed by atoms with van der Waals surface area (Å²) < 4.78 is 29.9. The SMILES string of the molecule is CC(=O)Nc1nnc(-c2nc(-c3ccc(S(=O)(=O)C(C)C)cc3)cnc2C)o1.[HH].[HH]. The molecule has 0 radical (unpaired) electrons. The lowest BCUT2D eigenvalue weighted by Gasteiger charge is -2.09. The zero-order valence-electron chi connectivity index (χ0n) is 15.8. The second-order valence-electron chi connectivity index (χ2n) is 6.40. The summed E-state index contributed by atoms with van der Waals surface area (Å²) in [5.41, 5.74) is 2.16. The van der Waals surface area contributed by atoms with Crippen molar-refractivity contribution in [3.05, 3.63) is 36.2 Å². The first-order valence-electron chi connectivity index (χ1n) is 8.48. The number of sulfone groups is 1. The van der Waals surface area contributed by atoms with E-state index in [0.717, 1.165) is 0 Å². The summed E-state index contributed by atoms with van der Waals surface area (Å²) in [7, 11) is -3.34. The number of benzene rings is 1. The lowest BCUT2D eigenvalue weighted by Crippen LogP contribution is -2.13. The van der Waals surface area contributed by atoms with Crippen molar-refractivity contribution >= 4 is 21.8 Å². The van der Waals surface area contributed by atoms with E-state index in [1.165, 1.54) is 6.92 Å². The number of nitrogens with one attached hydrogen (secondary N) is 1. The van der Waals surface area contributed by atoms with Gasteiger partial charge in [-0.1, -0.05) is 17.2 Å². The molecule has 0 aliphatic carbocycles. The van der Waals surface area contributed by atoms with Gasteiger partial charge in [-0.3, -0.25) is 15.1 Å². The molecule has 2 heterocycles. The number of aryl methyl sites for hydroxylation is 1. The van der Waals surface area contributed by atoms with E-state index in [0.29, 0.717) is 22.6 Å². The average Bonchev–Trinajstić information content (AvgIpc) is 3.09. The van der Waals surface area contributed by atoms with Crippen molar-refractivity contribution in [3.63, 3.8) is 0 Å². The molecule has 0 aliphatic heterocycles. The predicted octanol–water partition coefficient (Wildman–Crippen LogP) is 3.13. The number of hydrogen-bond acceptors (Lipinski definition) is 8. The molecule has 0 fully saturated rings. The second kappa shape index (κ2) is 7.47. The lowest BCUT2D eigenvalue weighted by atomic mass is 10.1. The molecule has 0 saturated carbocycles. The van der Waals surface area contributed by atoms with Crippen molar-refractivity contribution in [3.8, 4) is 22.8 Å². The minimum Gasteiger partial charge on any atom is -0.401 e. The van der Waals surface area contributed by atoms with Gasteiger partial charge >= 0.3 is 6.01 Å². The molecule has 0 bridgehead atoms. The zero-order chi connectivity index (χ0) is 20.5. The Balaban J connectivity index is 0.00000225. The molecule has 150 valence electrons. The molecule has 0 aliphatic rings. The molecule has 0 saturated heterocycles. The van der Waals surface area contributed by atoms with Crippen molar-refractivity contribution in [2.75, 3.05) is 5.32 Å². The van der Waals surface area contributed by atoms with E-state index in [2.05, 4.69) is 25.5 Å². The Kier molecular flexibility index (Phi) is 5.23. The van der Waals surface area contributed by atoms with Crippen LogP contribution < -0.4 is 5.32 Å². The summed E-state index contributed by atoms with van der Waals surface area (Å²) >= 11 is 0. The van der Waals surface area contributed by atoms with Crippen LogP contribution in [-0.4, -0.2) is 39.7 Å². The van der Waals surface area contributed by atoms with Gasteiger partial charge in [-0.15, -0.1) is 5.10 Å². The van der Waals surface area contributed by atoms with E-state index in [-0.39, 0.29) is 25.6 Å². The summed E-state index contributed by atoms with van der Waals surface area (Å²) in [5.74, 6) is -0.210. The monoisotopic (exact) mass is 405 g/mol. The first-order chi connectivity index (χ1) is 13.2. The van der Waals surface area contributed by atoms with Crippen LogP contribution in [0.25, 0.3) is 22.8 Å². The fourth-order valence-electron chi connectivity index (χ4n) is 2.40. The van der Waals surface area contributed by atoms with Crippen LogP contribution in [0.5, 0.6) is 0 Å². The highest BCUT2D eigenvalue weighted by Gasteiger charge is 2.20. The molecule has 1 N–H and O–H groups in total. The number of carbonyl (C=O) groups excluding carboxylic acids is 1. The van der Waals surface area contributed by atoms with Gasteiger partial charge in [-0.25, -0.2) is 13.4 Å². The van der Waals surface area contributed by atoms with Crippen molar-refractivity contribution in [2.45, 2.75) is 37.8 Å². The van der Waals surface area contributed by atoms with Crippen LogP contribution in [0.3, 0.4) is 0 Å². The maximum absolute atomic E-state index is 12.3. The smallest absolute Gasteiger partial charge is 0.322 e. The van der Waals surface area contributed by atoms with Gasteiger partial charge in [0, 0.05) is 15.3 Å². The van der Waals surface area contributed by atoms with Crippen molar-refractivity contribution in [2.24, 2.45) is 0 Å². The molecule has 1 amide bonds. The molecule has 3 rings (SSSR count). The minimum absolute atomic E-state index is 0. The quantitative estimate of drug-likeness (QED) is 0.685. The maximum Gasteiger partial charge on any atom is 0.322 e. The van der Waals surface area contributed by atoms with E-state index < -0.39 is 15.1 Å². The lowest BCUT2D eigenvalue weighted by molar-refractivity contribution is -0.114. The Labute approximate surface area is 165 Å². The summed E-state index contributed by atoms with van der Waals surface area (Å²) in [5, 5.41) is 9.54. The van der Waals surface area contributed by atoms with Crippen LogP contribution in [0.1, 0.15) is 29.3 Å². The first-order valence-corrected chi connectivity index (χ1v) is 10.0. The maximum atomic E-state index is 12.3. The molecular weight excluding hydrogens is 382 g/mol. The average molecular weight is 405 g/mol. The van der Waals surface area contributed by atoms with E-state index in [4.69, 9.17) is 4.42 Å². The number of nitrogens with zero attached hydrogens (tertiary/aromatic N) is 4. The van der Waals surface area contributed by atoms with Crippen molar-refractivity contribution in [1.82, 2.24) is 20.2 Å². The fraction of sp³-hybridized carbons (Fsp3) is 0.278. The first kappa shape index (κ1) is 19.6. The minimum atomic E-state index is -3.34. The number of anilines is 1. The number of aromatic nitrogens is 4. The summed E-state index contributed by atoms with van der Waals surface area (Å²) in [6.45, 7) is 6.35. The van der Waals surface area contributed by atoms with E-state index in [1.54, 1.807) is 51.2 Å². The third kappa shape index (κ3) is 3.91. The molecule has 3 aromatic rings. The van der Waals surface area contributed by atoms with Gasteiger partial charge in [0.25, 0.3) is 5.89 Å². The Bertz CT molecular complexity index is 1130. The van der Waals surface area contributed by atoms with Crippen LogP contribution in [0, 0.1) is 6.92 Å². The zero-order valence-corrected chi connectivity index (χ0v) is 16.6. The van der Waals surface area contributed by atoms with E-state index in [9.17, 15) is 13.2 Å². The van der Waals surface area contributed by atoms with Crippen LogP contribution in [0.4, 0.5) is 6.01 Å². The molecule has 28 heavy (non-hydrogen) atoms. The van der Waals surface area contributed by atoms with Gasteiger partial charge in [0.1, 0.15) is 5.69 Å². The summed E-state index contributed by atoms with van der Waals surface area (Å²) in [6.07, 6.45) is 1.58. The number of amides is 1.